The Labute approximate surface area is 186 Å². The molecule has 2 atom stereocenters. The second-order valence-corrected chi connectivity index (χ2v) is 15.2. The number of hydrogen-bond acceptors (Lipinski definition) is 4. The Bertz CT molecular complexity index is 736. The van der Waals surface area contributed by atoms with E-state index < -0.39 is 26.1 Å². The van der Waals surface area contributed by atoms with Gasteiger partial charge >= 0.3 is 6.09 Å². The first-order chi connectivity index (χ1) is 14.6. The van der Waals surface area contributed by atoms with Crippen LogP contribution >= 0.6 is 0 Å². The summed E-state index contributed by atoms with van der Waals surface area (Å²) in [5.41, 5.74) is 5.99. The summed E-state index contributed by atoms with van der Waals surface area (Å²) in [5, 5.41) is 2.82. The average Bonchev–Trinajstić information content (AvgIpc) is 2.71. The lowest BCUT2D eigenvalue weighted by atomic mass is 9.83. The number of carbonyl (C=O) groups is 3. The monoisotopic (exact) mass is 447 g/mol. The molecule has 172 valence electrons. The first-order valence-electron chi connectivity index (χ1n) is 11.2. The van der Waals surface area contributed by atoms with E-state index in [1.807, 2.05) is 0 Å². The molecular formula is C23H37N3O4Si. The summed E-state index contributed by atoms with van der Waals surface area (Å²) in [6.07, 6.45) is 11.6. The average molecular weight is 448 g/mol. The van der Waals surface area contributed by atoms with Gasteiger partial charge in [0.2, 0.25) is 5.91 Å². The summed E-state index contributed by atoms with van der Waals surface area (Å²) in [5.74, 6) is -0.785. The molecule has 7 nitrogen and oxygen atoms in total. The summed E-state index contributed by atoms with van der Waals surface area (Å²) in [7, 11) is -1.30. The highest BCUT2D eigenvalue weighted by atomic mass is 28.3. The lowest BCUT2D eigenvalue weighted by Gasteiger charge is -2.31. The van der Waals surface area contributed by atoms with Crippen LogP contribution in [0.3, 0.4) is 0 Å². The van der Waals surface area contributed by atoms with Crippen LogP contribution in [0.25, 0.3) is 0 Å². The minimum absolute atomic E-state index is 0.0742. The molecule has 3 amide bonds. The van der Waals surface area contributed by atoms with E-state index in [4.69, 9.17) is 10.5 Å². The fraction of sp³-hybridized carbons (Fsp3) is 0.609. The van der Waals surface area contributed by atoms with Crippen molar-refractivity contribution in [3.8, 4) is 0 Å². The number of nitrogens with one attached hydrogen (secondary N) is 1. The molecule has 0 saturated heterocycles. The molecule has 1 aliphatic heterocycles. The van der Waals surface area contributed by atoms with E-state index in [2.05, 4.69) is 31.5 Å². The van der Waals surface area contributed by atoms with Crippen LogP contribution in [0.5, 0.6) is 0 Å². The second-order valence-electron chi connectivity index (χ2n) is 9.61. The van der Waals surface area contributed by atoms with Gasteiger partial charge in [-0.25, -0.2) is 4.79 Å². The molecular weight excluding hydrogens is 410 g/mol. The molecule has 0 aromatic rings. The van der Waals surface area contributed by atoms with Crippen LogP contribution in [0.4, 0.5) is 4.79 Å². The Hall–Kier alpha value is -2.35. The lowest BCUT2D eigenvalue weighted by molar-refractivity contribution is -0.127. The number of ether oxygens (including phenoxy) is 1. The number of rotatable bonds is 9. The first-order valence-corrected chi connectivity index (χ1v) is 14.9. The van der Waals surface area contributed by atoms with E-state index in [9.17, 15) is 14.4 Å². The summed E-state index contributed by atoms with van der Waals surface area (Å²) < 4.78 is 5.45. The van der Waals surface area contributed by atoms with Gasteiger partial charge in [0.05, 0.1) is 12.6 Å². The number of nitrogens with two attached hydrogens (primary N) is 1. The normalized spacial score (nSPS) is 20.5. The zero-order chi connectivity index (χ0) is 23.0. The molecule has 1 aliphatic carbocycles. The van der Waals surface area contributed by atoms with Gasteiger partial charge in [-0.1, -0.05) is 45.0 Å². The van der Waals surface area contributed by atoms with Crippen molar-refractivity contribution in [2.45, 2.75) is 76.3 Å². The SMILES string of the molecule is C=CCC1C=C(C(=O)NC(C(N)=O)C2CCCCC2)C=CN1C(=O)OCC[Si](C)(C)C. The first kappa shape index (κ1) is 24.9. The maximum absolute atomic E-state index is 12.9. The largest absolute Gasteiger partial charge is 0.449 e. The molecule has 0 bridgehead atoms. The fourth-order valence-corrected chi connectivity index (χ4v) is 4.66. The third kappa shape index (κ3) is 7.68. The molecule has 8 heteroatoms. The van der Waals surface area contributed by atoms with Crippen LogP contribution in [0.1, 0.15) is 38.5 Å². The Morgan fingerprint density at radius 2 is 1.97 bits per heavy atom. The van der Waals surface area contributed by atoms with Crippen molar-refractivity contribution in [2.75, 3.05) is 6.61 Å². The van der Waals surface area contributed by atoms with Crippen LogP contribution < -0.4 is 11.1 Å². The zero-order valence-electron chi connectivity index (χ0n) is 19.1. The predicted octanol–water partition coefficient (Wildman–Crippen LogP) is 3.71. The Morgan fingerprint density at radius 3 is 2.55 bits per heavy atom. The molecule has 0 aromatic heterocycles. The quantitative estimate of drug-likeness (QED) is 0.415. The molecule has 3 N–H and O–H groups in total. The summed E-state index contributed by atoms with van der Waals surface area (Å²) >= 11 is 0. The molecule has 0 radical (unpaired) electrons. The number of carbonyl (C=O) groups excluding carboxylic acids is 3. The molecule has 1 saturated carbocycles. The van der Waals surface area contributed by atoms with Gasteiger partial charge in [0, 0.05) is 19.8 Å². The van der Waals surface area contributed by atoms with Crippen molar-refractivity contribution in [2.24, 2.45) is 11.7 Å². The molecule has 2 unspecified atom stereocenters. The van der Waals surface area contributed by atoms with Crippen LogP contribution in [-0.2, 0) is 14.3 Å². The molecule has 0 aromatic carbocycles. The Morgan fingerprint density at radius 1 is 1.29 bits per heavy atom. The summed E-state index contributed by atoms with van der Waals surface area (Å²) in [4.78, 5) is 38.9. The van der Waals surface area contributed by atoms with Crippen molar-refractivity contribution < 1.29 is 19.1 Å². The minimum atomic E-state index is -1.30. The Balaban J connectivity index is 2.04. The summed E-state index contributed by atoms with van der Waals surface area (Å²) in [6.45, 7) is 10.8. The second kappa shape index (κ2) is 11.3. The summed E-state index contributed by atoms with van der Waals surface area (Å²) in [6, 6.07) is -0.157. The lowest BCUT2D eigenvalue weighted by Crippen LogP contribution is -2.50. The highest BCUT2D eigenvalue weighted by molar-refractivity contribution is 6.76. The van der Waals surface area contributed by atoms with E-state index in [0.29, 0.717) is 18.6 Å². The number of nitrogens with zero attached hydrogens (tertiary/aromatic N) is 1. The molecule has 1 fully saturated rings. The van der Waals surface area contributed by atoms with E-state index >= 15 is 0 Å². The van der Waals surface area contributed by atoms with Gasteiger partial charge in [-0.2, -0.15) is 0 Å². The standard InChI is InChI=1S/C23H37N3O4Si/c1-5-9-19-16-18(12-13-26(19)23(29)30-14-15-31(2,3)4)22(28)25-20(21(24)27)17-10-7-6-8-11-17/h5,12-13,16-17,19-20H,1,6-11,14-15H2,2-4H3,(H2,24,27)(H,25,28). The maximum atomic E-state index is 12.9. The molecule has 2 aliphatic rings. The molecule has 0 spiro atoms. The van der Waals surface area contributed by atoms with Gasteiger partial charge in [0.25, 0.3) is 5.91 Å². The third-order valence-corrected chi connectivity index (χ3v) is 7.52. The van der Waals surface area contributed by atoms with Gasteiger partial charge < -0.3 is 15.8 Å². The van der Waals surface area contributed by atoms with Gasteiger partial charge in [-0.05, 0) is 43.4 Å². The fourth-order valence-electron chi connectivity index (χ4n) is 3.95. The van der Waals surface area contributed by atoms with Gasteiger partial charge in [0.1, 0.15) is 6.04 Å². The minimum Gasteiger partial charge on any atom is -0.449 e. The van der Waals surface area contributed by atoms with Crippen LogP contribution in [-0.4, -0.2) is 49.6 Å². The Kier molecular flexibility index (Phi) is 9.10. The highest BCUT2D eigenvalue weighted by Crippen LogP contribution is 2.27. The number of primary amides is 1. The van der Waals surface area contributed by atoms with Crippen molar-refractivity contribution >= 4 is 26.0 Å². The van der Waals surface area contributed by atoms with E-state index in [0.717, 1.165) is 38.1 Å². The van der Waals surface area contributed by atoms with Crippen molar-refractivity contribution in [3.63, 3.8) is 0 Å². The topological polar surface area (TPSA) is 102 Å². The number of hydrogen-bond donors (Lipinski definition) is 2. The van der Waals surface area contributed by atoms with Crippen LogP contribution in [0.2, 0.25) is 25.7 Å². The van der Waals surface area contributed by atoms with Gasteiger partial charge in [-0.3, -0.25) is 14.5 Å². The zero-order valence-corrected chi connectivity index (χ0v) is 20.1. The maximum Gasteiger partial charge on any atom is 0.414 e. The van der Waals surface area contributed by atoms with Crippen LogP contribution in [0.15, 0.2) is 36.6 Å². The van der Waals surface area contributed by atoms with E-state index in [1.165, 1.54) is 4.90 Å². The van der Waals surface area contributed by atoms with Gasteiger partial charge in [0.15, 0.2) is 0 Å². The van der Waals surface area contributed by atoms with Crippen molar-refractivity contribution in [1.29, 1.82) is 0 Å². The molecule has 1 heterocycles. The highest BCUT2D eigenvalue weighted by Gasteiger charge is 2.31. The predicted molar refractivity (Wildman–Crippen MR) is 125 cm³/mol. The van der Waals surface area contributed by atoms with E-state index in [1.54, 1.807) is 24.4 Å². The third-order valence-electron chi connectivity index (χ3n) is 5.82. The van der Waals surface area contributed by atoms with Gasteiger partial charge in [-0.15, -0.1) is 6.58 Å². The molecule has 2 rings (SSSR count). The van der Waals surface area contributed by atoms with Crippen LogP contribution in [0, 0.1) is 5.92 Å². The van der Waals surface area contributed by atoms with Crippen molar-refractivity contribution in [1.82, 2.24) is 10.2 Å². The smallest absolute Gasteiger partial charge is 0.414 e. The number of amides is 3. The van der Waals surface area contributed by atoms with Crippen molar-refractivity contribution in [3.05, 3.63) is 36.6 Å². The van der Waals surface area contributed by atoms with E-state index in [-0.39, 0.29) is 17.9 Å². The molecule has 31 heavy (non-hydrogen) atoms.